The number of nitrogens with one attached hydrogen (secondary N) is 1. The van der Waals surface area contributed by atoms with Gasteiger partial charge in [-0.15, -0.1) is 0 Å². The molecule has 0 fully saturated rings. The molecule has 0 radical (unpaired) electrons. The van der Waals surface area contributed by atoms with Gasteiger partial charge in [0, 0.05) is 0 Å². The minimum Gasteiger partial charge on any atom is -0.496 e. The van der Waals surface area contributed by atoms with E-state index in [1.165, 1.54) is 0 Å². The van der Waals surface area contributed by atoms with E-state index < -0.39 is 0 Å². The van der Waals surface area contributed by atoms with Gasteiger partial charge in [0.15, 0.2) is 0 Å². The summed E-state index contributed by atoms with van der Waals surface area (Å²) in [6.45, 7) is 10.1. The highest BCUT2D eigenvalue weighted by molar-refractivity contribution is 5.13. The van der Waals surface area contributed by atoms with Crippen molar-refractivity contribution in [2.75, 3.05) is 6.61 Å². The molecule has 0 saturated heterocycles. The van der Waals surface area contributed by atoms with E-state index >= 15 is 0 Å². The third kappa shape index (κ3) is 5.30. The van der Waals surface area contributed by atoms with Crippen molar-refractivity contribution in [3.05, 3.63) is 36.4 Å². The average Bonchev–Trinajstić information content (AvgIpc) is 2.10. The molecule has 0 aromatic heterocycles. The molecule has 0 amide bonds. The molecule has 0 bridgehead atoms. The minimum absolute atomic E-state index is 0.0450. The molecule has 3 nitrogen and oxygen atoms in total. The molecule has 1 unspecified atom stereocenters. The molecule has 0 aliphatic carbocycles. The van der Waals surface area contributed by atoms with Crippen LogP contribution in [-0.4, -0.2) is 12.6 Å². The van der Waals surface area contributed by atoms with Crippen LogP contribution in [0.2, 0.25) is 0 Å². The number of nitrogens with two attached hydrogens (primary N) is 1. The molecule has 0 rings (SSSR count). The van der Waals surface area contributed by atoms with Crippen LogP contribution in [0, 0.1) is 0 Å². The van der Waals surface area contributed by atoms with Gasteiger partial charge in [0.1, 0.15) is 5.76 Å². The first-order chi connectivity index (χ1) is 6.61. The third-order valence-electron chi connectivity index (χ3n) is 1.59. The summed E-state index contributed by atoms with van der Waals surface area (Å²) in [5.41, 5.74) is 5.45. The molecule has 0 aliphatic rings. The van der Waals surface area contributed by atoms with Gasteiger partial charge in [-0.2, -0.15) is 0 Å². The molecule has 0 heterocycles. The van der Waals surface area contributed by atoms with Gasteiger partial charge in [-0.05, 0) is 26.8 Å². The van der Waals surface area contributed by atoms with E-state index in [0.717, 1.165) is 5.76 Å². The minimum atomic E-state index is 0.0450. The van der Waals surface area contributed by atoms with Crippen LogP contribution in [0.1, 0.15) is 20.8 Å². The summed E-state index contributed by atoms with van der Waals surface area (Å²) in [5, 5.41) is 2.99. The van der Waals surface area contributed by atoms with Crippen molar-refractivity contribution in [2.24, 2.45) is 5.73 Å². The molecule has 14 heavy (non-hydrogen) atoms. The van der Waals surface area contributed by atoms with Gasteiger partial charge in [-0.1, -0.05) is 18.7 Å². The van der Waals surface area contributed by atoms with Gasteiger partial charge in [0.05, 0.1) is 18.5 Å². The van der Waals surface area contributed by atoms with Crippen LogP contribution in [-0.2, 0) is 4.74 Å². The van der Waals surface area contributed by atoms with Crippen molar-refractivity contribution in [3.63, 3.8) is 0 Å². The normalized spacial score (nSPS) is 14.1. The lowest BCUT2D eigenvalue weighted by Crippen LogP contribution is -2.31. The number of hydrogen-bond acceptors (Lipinski definition) is 3. The first kappa shape index (κ1) is 12.6. The monoisotopic (exact) mass is 196 g/mol. The van der Waals surface area contributed by atoms with Gasteiger partial charge in [-0.25, -0.2) is 0 Å². The number of ether oxygens (including phenoxy) is 1. The van der Waals surface area contributed by atoms with Crippen LogP contribution < -0.4 is 11.1 Å². The fourth-order valence-corrected chi connectivity index (χ4v) is 1.02. The molecule has 3 N–H and O–H groups in total. The van der Waals surface area contributed by atoms with Crippen LogP contribution in [0.5, 0.6) is 0 Å². The average molecular weight is 196 g/mol. The number of rotatable bonds is 6. The lowest BCUT2D eigenvalue weighted by Gasteiger charge is -2.18. The molecule has 0 aliphatic heterocycles. The smallest absolute Gasteiger partial charge is 0.118 e. The van der Waals surface area contributed by atoms with E-state index in [4.69, 9.17) is 10.5 Å². The fraction of sp³-hybridized carbons (Fsp3) is 0.455. The molecular weight excluding hydrogens is 176 g/mol. The Kier molecular flexibility index (Phi) is 6.37. The second-order valence-electron chi connectivity index (χ2n) is 2.92. The summed E-state index contributed by atoms with van der Waals surface area (Å²) in [6, 6.07) is 0.0450. The Morgan fingerprint density at radius 1 is 1.64 bits per heavy atom. The first-order valence-corrected chi connectivity index (χ1v) is 4.78. The molecule has 80 valence electrons. The largest absolute Gasteiger partial charge is 0.496 e. The Labute approximate surface area is 86.3 Å². The van der Waals surface area contributed by atoms with Crippen molar-refractivity contribution < 1.29 is 4.74 Å². The number of hydrogen-bond donors (Lipinski definition) is 2. The highest BCUT2D eigenvalue weighted by Gasteiger charge is 2.07. The lowest BCUT2D eigenvalue weighted by atomic mass is 10.2. The Balaban J connectivity index is 4.39. The maximum atomic E-state index is 5.46. The maximum absolute atomic E-state index is 5.46. The van der Waals surface area contributed by atoms with Crippen LogP contribution >= 0.6 is 0 Å². The Morgan fingerprint density at radius 3 is 2.71 bits per heavy atom. The van der Waals surface area contributed by atoms with Crippen molar-refractivity contribution in [1.82, 2.24) is 5.32 Å². The second kappa shape index (κ2) is 7.06. The third-order valence-corrected chi connectivity index (χ3v) is 1.59. The van der Waals surface area contributed by atoms with Crippen LogP contribution in [0.25, 0.3) is 0 Å². The topological polar surface area (TPSA) is 47.3 Å². The molecule has 0 aromatic rings. The number of allylic oxidation sites excluding steroid dienone is 3. The first-order valence-electron chi connectivity index (χ1n) is 4.78. The summed E-state index contributed by atoms with van der Waals surface area (Å²) in [4.78, 5) is 0. The van der Waals surface area contributed by atoms with Crippen molar-refractivity contribution in [2.45, 2.75) is 26.8 Å². The Morgan fingerprint density at radius 2 is 2.29 bits per heavy atom. The van der Waals surface area contributed by atoms with Gasteiger partial charge in [0.25, 0.3) is 0 Å². The molecule has 0 spiro atoms. The maximum Gasteiger partial charge on any atom is 0.118 e. The summed E-state index contributed by atoms with van der Waals surface area (Å²) in [7, 11) is 0. The van der Waals surface area contributed by atoms with Crippen LogP contribution in [0.4, 0.5) is 0 Å². The van der Waals surface area contributed by atoms with Gasteiger partial charge < -0.3 is 15.8 Å². The zero-order chi connectivity index (χ0) is 11.0. The molecule has 0 aromatic carbocycles. The molecular formula is C11H20N2O. The molecule has 1 atom stereocenters. The quantitative estimate of drug-likeness (QED) is 0.504. The van der Waals surface area contributed by atoms with Crippen LogP contribution in [0.3, 0.4) is 0 Å². The van der Waals surface area contributed by atoms with E-state index in [1.54, 1.807) is 0 Å². The Hall–Kier alpha value is -1.38. The Bertz CT molecular complexity index is 231. The SMILES string of the molecule is C=C(N)NC(C)/C(=C\C=C/C)OCC. The van der Waals surface area contributed by atoms with Gasteiger partial charge in [-0.3, -0.25) is 0 Å². The van der Waals surface area contributed by atoms with Crippen LogP contribution in [0.15, 0.2) is 36.4 Å². The van der Waals surface area contributed by atoms with Gasteiger partial charge >= 0.3 is 0 Å². The van der Waals surface area contributed by atoms with Gasteiger partial charge in [0.2, 0.25) is 0 Å². The second-order valence-corrected chi connectivity index (χ2v) is 2.92. The zero-order valence-corrected chi connectivity index (χ0v) is 9.21. The van der Waals surface area contributed by atoms with E-state index in [0.29, 0.717) is 12.4 Å². The molecule has 0 saturated carbocycles. The highest BCUT2D eigenvalue weighted by Crippen LogP contribution is 2.05. The predicted octanol–water partition coefficient (Wildman–Crippen LogP) is 1.89. The fourth-order valence-electron chi connectivity index (χ4n) is 1.02. The lowest BCUT2D eigenvalue weighted by molar-refractivity contribution is 0.206. The van der Waals surface area contributed by atoms with E-state index in [-0.39, 0.29) is 6.04 Å². The predicted molar refractivity (Wildman–Crippen MR) is 60.4 cm³/mol. The van der Waals surface area contributed by atoms with E-state index in [9.17, 15) is 0 Å². The standard InChI is InChI=1S/C11H20N2O/c1-5-7-8-11(14-6-2)9(3)13-10(4)12/h5,7-9,13H,4,6,12H2,1-3H3/b7-5-,11-8+. The zero-order valence-electron chi connectivity index (χ0n) is 9.21. The van der Waals surface area contributed by atoms with E-state index in [2.05, 4.69) is 11.9 Å². The molecule has 3 heteroatoms. The summed E-state index contributed by atoms with van der Waals surface area (Å²) in [5.74, 6) is 1.31. The van der Waals surface area contributed by atoms with Crippen molar-refractivity contribution >= 4 is 0 Å². The highest BCUT2D eigenvalue weighted by atomic mass is 16.5. The summed E-state index contributed by atoms with van der Waals surface area (Å²) >= 11 is 0. The summed E-state index contributed by atoms with van der Waals surface area (Å²) < 4.78 is 5.46. The summed E-state index contributed by atoms with van der Waals surface area (Å²) in [6.07, 6.45) is 5.80. The van der Waals surface area contributed by atoms with Crippen molar-refractivity contribution in [1.29, 1.82) is 0 Å². The van der Waals surface area contributed by atoms with E-state index in [1.807, 2.05) is 39.0 Å². The van der Waals surface area contributed by atoms with Crippen molar-refractivity contribution in [3.8, 4) is 0 Å².